The summed E-state index contributed by atoms with van der Waals surface area (Å²) in [7, 11) is 0. The Balaban J connectivity index is 1.71. The molecular formula is C15H14ClFN4O. The van der Waals surface area contributed by atoms with Gasteiger partial charge >= 0.3 is 0 Å². The van der Waals surface area contributed by atoms with Gasteiger partial charge in [0.05, 0.1) is 28.7 Å². The maximum absolute atomic E-state index is 13.0. The van der Waals surface area contributed by atoms with Crippen molar-refractivity contribution in [1.82, 2.24) is 9.97 Å². The van der Waals surface area contributed by atoms with E-state index >= 15 is 0 Å². The van der Waals surface area contributed by atoms with Crippen molar-refractivity contribution in [3.05, 3.63) is 47.0 Å². The summed E-state index contributed by atoms with van der Waals surface area (Å²) in [6, 6.07) is 3.63. The molecule has 1 aromatic carbocycles. The van der Waals surface area contributed by atoms with Crippen molar-refractivity contribution >= 4 is 29.1 Å². The fourth-order valence-corrected chi connectivity index (χ4v) is 2.59. The van der Waals surface area contributed by atoms with Gasteiger partial charge < -0.3 is 10.2 Å². The Labute approximate surface area is 132 Å². The average molecular weight is 321 g/mol. The zero-order valence-electron chi connectivity index (χ0n) is 11.7. The highest BCUT2D eigenvalue weighted by Crippen LogP contribution is 2.20. The Hall–Kier alpha value is -2.21. The van der Waals surface area contributed by atoms with E-state index in [2.05, 4.69) is 20.2 Å². The molecular weight excluding hydrogens is 307 g/mol. The zero-order valence-corrected chi connectivity index (χ0v) is 12.5. The Kier molecular flexibility index (Phi) is 4.20. The molecule has 0 spiro atoms. The monoisotopic (exact) mass is 320 g/mol. The molecule has 1 aliphatic heterocycles. The molecule has 22 heavy (non-hydrogen) atoms. The first-order valence-corrected chi connectivity index (χ1v) is 7.35. The Morgan fingerprint density at radius 2 is 1.91 bits per heavy atom. The van der Waals surface area contributed by atoms with Gasteiger partial charge in [0.1, 0.15) is 5.82 Å². The number of hydrogen-bond acceptors (Lipinski definition) is 4. The van der Waals surface area contributed by atoms with Crippen LogP contribution in [-0.2, 0) is 0 Å². The van der Waals surface area contributed by atoms with Crippen LogP contribution in [0.1, 0.15) is 23.2 Å². The summed E-state index contributed by atoms with van der Waals surface area (Å²) in [4.78, 5) is 22.7. The first kappa shape index (κ1) is 14.7. The fraction of sp³-hybridized carbons (Fsp3) is 0.267. The lowest BCUT2D eigenvalue weighted by Gasteiger charge is -2.14. The minimum absolute atomic E-state index is 0.0621. The van der Waals surface area contributed by atoms with Crippen LogP contribution in [-0.4, -0.2) is 29.0 Å². The highest BCUT2D eigenvalue weighted by Gasteiger charge is 2.15. The normalized spacial score (nSPS) is 14.2. The summed E-state index contributed by atoms with van der Waals surface area (Å²) in [5.74, 6) is -0.252. The summed E-state index contributed by atoms with van der Waals surface area (Å²) < 4.78 is 13.0. The van der Waals surface area contributed by atoms with E-state index in [0.717, 1.165) is 32.0 Å². The summed E-state index contributed by atoms with van der Waals surface area (Å²) >= 11 is 5.86. The fourth-order valence-electron chi connectivity index (χ4n) is 2.34. The van der Waals surface area contributed by atoms with Gasteiger partial charge in [-0.15, -0.1) is 0 Å². The highest BCUT2D eigenvalue weighted by atomic mass is 35.5. The van der Waals surface area contributed by atoms with E-state index in [4.69, 9.17) is 11.6 Å². The van der Waals surface area contributed by atoms with E-state index in [9.17, 15) is 9.18 Å². The lowest BCUT2D eigenvalue weighted by atomic mass is 10.2. The second-order valence-electron chi connectivity index (χ2n) is 5.04. The second kappa shape index (κ2) is 6.27. The molecule has 1 N–H and O–H groups in total. The molecule has 7 heteroatoms. The molecule has 1 amide bonds. The largest absolute Gasteiger partial charge is 0.341 e. The quantitative estimate of drug-likeness (QED) is 0.944. The van der Waals surface area contributed by atoms with Gasteiger partial charge in [-0.2, -0.15) is 0 Å². The van der Waals surface area contributed by atoms with Crippen LogP contribution in [0.4, 0.5) is 16.0 Å². The first-order valence-electron chi connectivity index (χ1n) is 6.97. The first-order chi connectivity index (χ1) is 10.6. The minimum Gasteiger partial charge on any atom is -0.341 e. The maximum Gasteiger partial charge on any atom is 0.257 e. The minimum atomic E-state index is -0.486. The van der Waals surface area contributed by atoms with Gasteiger partial charge in [-0.3, -0.25) is 4.79 Å². The second-order valence-corrected chi connectivity index (χ2v) is 5.45. The molecule has 0 aliphatic carbocycles. The number of benzene rings is 1. The SMILES string of the molecule is O=C(Nc1cnc(N2CCCC2)nc1)c1ccc(F)cc1Cl. The van der Waals surface area contributed by atoms with Crippen LogP contribution >= 0.6 is 11.6 Å². The number of carbonyl (C=O) groups is 1. The molecule has 0 atom stereocenters. The van der Waals surface area contributed by atoms with Crippen LogP contribution < -0.4 is 10.2 Å². The van der Waals surface area contributed by atoms with Gasteiger partial charge in [0, 0.05) is 13.1 Å². The topological polar surface area (TPSA) is 58.1 Å². The van der Waals surface area contributed by atoms with E-state index in [1.54, 1.807) is 12.4 Å². The van der Waals surface area contributed by atoms with Crippen molar-refractivity contribution < 1.29 is 9.18 Å². The number of nitrogens with one attached hydrogen (secondary N) is 1. The summed E-state index contributed by atoms with van der Waals surface area (Å²) in [5.41, 5.74) is 0.667. The molecule has 1 fully saturated rings. The van der Waals surface area contributed by atoms with Gasteiger partial charge in [0.15, 0.2) is 0 Å². The molecule has 5 nitrogen and oxygen atoms in total. The van der Waals surface area contributed by atoms with E-state index in [0.29, 0.717) is 11.6 Å². The third kappa shape index (κ3) is 3.17. The van der Waals surface area contributed by atoms with Crippen molar-refractivity contribution in [2.75, 3.05) is 23.3 Å². The van der Waals surface area contributed by atoms with Crippen LogP contribution in [0.25, 0.3) is 0 Å². The number of hydrogen-bond donors (Lipinski definition) is 1. The Morgan fingerprint density at radius 1 is 1.23 bits per heavy atom. The van der Waals surface area contributed by atoms with Gasteiger partial charge in [0.25, 0.3) is 5.91 Å². The van der Waals surface area contributed by atoms with Crippen LogP contribution in [0.2, 0.25) is 5.02 Å². The molecule has 114 valence electrons. The third-order valence-electron chi connectivity index (χ3n) is 3.46. The number of aromatic nitrogens is 2. The van der Waals surface area contributed by atoms with Gasteiger partial charge in [-0.25, -0.2) is 14.4 Å². The molecule has 1 aromatic heterocycles. The molecule has 0 saturated carbocycles. The molecule has 2 aromatic rings. The summed E-state index contributed by atoms with van der Waals surface area (Å²) in [5, 5.41) is 2.71. The molecule has 2 heterocycles. The van der Waals surface area contributed by atoms with Gasteiger partial charge in [-0.05, 0) is 31.0 Å². The summed E-state index contributed by atoms with van der Waals surface area (Å²) in [6.45, 7) is 1.91. The van der Waals surface area contributed by atoms with Gasteiger partial charge in [0.2, 0.25) is 5.95 Å². The number of anilines is 2. The molecule has 1 saturated heterocycles. The molecule has 0 bridgehead atoms. The van der Waals surface area contributed by atoms with Gasteiger partial charge in [-0.1, -0.05) is 11.6 Å². The number of amides is 1. The Bertz CT molecular complexity index is 686. The molecule has 1 aliphatic rings. The highest BCUT2D eigenvalue weighted by molar-refractivity contribution is 6.34. The smallest absolute Gasteiger partial charge is 0.257 e. The maximum atomic E-state index is 13.0. The zero-order chi connectivity index (χ0) is 15.5. The number of nitrogens with zero attached hydrogens (tertiary/aromatic N) is 3. The predicted molar refractivity (Wildman–Crippen MR) is 82.8 cm³/mol. The molecule has 0 radical (unpaired) electrons. The molecule has 3 rings (SSSR count). The van der Waals surface area contributed by atoms with Crippen molar-refractivity contribution in [1.29, 1.82) is 0 Å². The van der Waals surface area contributed by atoms with Crippen LogP contribution in [0, 0.1) is 5.82 Å². The van der Waals surface area contributed by atoms with Crippen molar-refractivity contribution in [3.8, 4) is 0 Å². The number of rotatable bonds is 3. The van der Waals surface area contributed by atoms with E-state index in [1.165, 1.54) is 12.1 Å². The van der Waals surface area contributed by atoms with Crippen LogP contribution in [0.3, 0.4) is 0 Å². The lowest BCUT2D eigenvalue weighted by molar-refractivity contribution is 0.102. The number of halogens is 2. The number of carbonyl (C=O) groups excluding carboxylic acids is 1. The Morgan fingerprint density at radius 3 is 2.55 bits per heavy atom. The third-order valence-corrected chi connectivity index (χ3v) is 3.77. The average Bonchev–Trinajstić information content (AvgIpc) is 3.02. The van der Waals surface area contributed by atoms with Crippen LogP contribution in [0.15, 0.2) is 30.6 Å². The van der Waals surface area contributed by atoms with E-state index in [-0.39, 0.29) is 10.6 Å². The summed E-state index contributed by atoms with van der Waals surface area (Å²) in [6.07, 6.45) is 5.39. The van der Waals surface area contributed by atoms with Crippen molar-refractivity contribution in [3.63, 3.8) is 0 Å². The standard InChI is InChI=1S/C15H14ClFN4O/c16-13-7-10(17)3-4-12(13)14(22)20-11-8-18-15(19-9-11)21-5-1-2-6-21/h3-4,7-9H,1-2,5-6H2,(H,20,22). The van der Waals surface area contributed by atoms with Crippen LogP contribution in [0.5, 0.6) is 0 Å². The van der Waals surface area contributed by atoms with Crippen molar-refractivity contribution in [2.24, 2.45) is 0 Å². The van der Waals surface area contributed by atoms with Crippen molar-refractivity contribution in [2.45, 2.75) is 12.8 Å². The lowest BCUT2D eigenvalue weighted by Crippen LogP contribution is -2.20. The van der Waals surface area contributed by atoms with E-state index < -0.39 is 11.7 Å². The predicted octanol–water partition coefficient (Wildman–Crippen LogP) is 3.12. The molecule has 0 unspecified atom stereocenters. The van der Waals surface area contributed by atoms with E-state index in [1.807, 2.05) is 0 Å².